The summed E-state index contributed by atoms with van der Waals surface area (Å²) in [7, 11) is 0. The fraction of sp³-hybridized carbons (Fsp3) is 0.820. The van der Waals surface area contributed by atoms with Crippen molar-refractivity contribution in [2.45, 2.75) is 309 Å². The molecule has 0 aromatic carbocycles. The lowest BCUT2D eigenvalue weighted by atomic mass is 10.1. The summed E-state index contributed by atoms with van der Waals surface area (Å²) < 4.78 is 16.9. The second-order valence-electron chi connectivity index (χ2n) is 19.5. The average Bonchev–Trinajstić information content (AvgIpc) is 3.33. The van der Waals surface area contributed by atoms with Crippen LogP contribution in [0.3, 0.4) is 0 Å². The van der Waals surface area contributed by atoms with Crippen LogP contribution in [0.15, 0.2) is 48.6 Å². The topological polar surface area (TPSA) is 78.9 Å². The average molecular weight is 940 g/mol. The first-order valence-corrected chi connectivity index (χ1v) is 29.1. The van der Waals surface area contributed by atoms with Crippen LogP contribution in [0.5, 0.6) is 0 Å². The van der Waals surface area contributed by atoms with Crippen molar-refractivity contribution < 1.29 is 28.6 Å². The molecule has 0 amide bonds. The van der Waals surface area contributed by atoms with Gasteiger partial charge in [-0.1, -0.05) is 230 Å². The van der Waals surface area contributed by atoms with Crippen LogP contribution in [0.1, 0.15) is 303 Å². The third-order valence-electron chi connectivity index (χ3n) is 12.8. The molecule has 390 valence electrons. The maximum Gasteiger partial charge on any atom is 0.306 e. The molecule has 0 saturated heterocycles. The quantitative estimate of drug-likeness (QED) is 0.0262. The lowest BCUT2D eigenvalue weighted by Gasteiger charge is -2.18. The number of rotatable bonds is 53. The highest BCUT2D eigenvalue weighted by molar-refractivity contribution is 5.71. The Morgan fingerprint density at radius 1 is 0.299 bits per heavy atom. The highest BCUT2D eigenvalue weighted by atomic mass is 16.6. The van der Waals surface area contributed by atoms with Gasteiger partial charge in [-0.15, -0.1) is 0 Å². The zero-order valence-electron chi connectivity index (χ0n) is 44.7. The Kier molecular flexibility index (Phi) is 53.8. The van der Waals surface area contributed by atoms with Gasteiger partial charge in [0.25, 0.3) is 0 Å². The zero-order chi connectivity index (χ0) is 48.6. The number of carbonyl (C=O) groups is 3. The molecular weight excluding hydrogens is 829 g/mol. The molecule has 0 bridgehead atoms. The summed E-state index contributed by atoms with van der Waals surface area (Å²) in [6.45, 7) is 6.61. The molecule has 0 fully saturated rings. The number of hydrogen-bond donors (Lipinski definition) is 0. The maximum atomic E-state index is 12.8. The van der Waals surface area contributed by atoms with Crippen molar-refractivity contribution in [3.63, 3.8) is 0 Å². The molecule has 0 aromatic rings. The molecular formula is C61H110O6. The van der Waals surface area contributed by atoms with Gasteiger partial charge in [0.15, 0.2) is 6.10 Å². The van der Waals surface area contributed by atoms with Gasteiger partial charge < -0.3 is 14.2 Å². The molecule has 0 aliphatic heterocycles. The second kappa shape index (κ2) is 56.0. The molecule has 0 heterocycles. The molecule has 0 rings (SSSR count). The number of hydrogen-bond acceptors (Lipinski definition) is 6. The van der Waals surface area contributed by atoms with Gasteiger partial charge >= 0.3 is 17.9 Å². The van der Waals surface area contributed by atoms with Crippen molar-refractivity contribution in [2.75, 3.05) is 13.2 Å². The van der Waals surface area contributed by atoms with Crippen LogP contribution in [-0.2, 0) is 28.6 Å². The van der Waals surface area contributed by atoms with Gasteiger partial charge in [-0.3, -0.25) is 14.4 Å². The second-order valence-corrected chi connectivity index (χ2v) is 19.5. The van der Waals surface area contributed by atoms with Gasteiger partial charge in [-0.2, -0.15) is 0 Å². The van der Waals surface area contributed by atoms with E-state index in [1.165, 1.54) is 180 Å². The van der Waals surface area contributed by atoms with Crippen molar-refractivity contribution in [1.82, 2.24) is 0 Å². The van der Waals surface area contributed by atoms with Gasteiger partial charge in [0.1, 0.15) is 13.2 Å². The van der Waals surface area contributed by atoms with E-state index in [-0.39, 0.29) is 31.1 Å². The summed E-state index contributed by atoms with van der Waals surface area (Å²) in [5.74, 6) is -0.884. The van der Waals surface area contributed by atoms with E-state index in [1.54, 1.807) is 0 Å². The summed E-state index contributed by atoms with van der Waals surface area (Å²) in [6, 6.07) is 0. The first-order chi connectivity index (χ1) is 33.0. The largest absolute Gasteiger partial charge is 0.462 e. The van der Waals surface area contributed by atoms with E-state index < -0.39 is 6.10 Å². The summed E-state index contributed by atoms with van der Waals surface area (Å²) in [5.41, 5.74) is 0. The monoisotopic (exact) mass is 939 g/mol. The van der Waals surface area contributed by atoms with Gasteiger partial charge in [-0.25, -0.2) is 0 Å². The smallest absolute Gasteiger partial charge is 0.306 e. The predicted molar refractivity (Wildman–Crippen MR) is 289 cm³/mol. The van der Waals surface area contributed by atoms with Gasteiger partial charge in [0.2, 0.25) is 0 Å². The van der Waals surface area contributed by atoms with E-state index in [0.29, 0.717) is 19.3 Å². The Bertz CT molecular complexity index is 1170. The predicted octanol–water partition coefficient (Wildman–Crippen LogP) is 19.4. The van der Waals surface area contributed by atoms with Crippen LogP contribution in [0, 0.1) is 0 Å². The van der Waals surface area contributed by atoms with Crippen molar-refractivity contribution in [3.05, 3.63) is 48.6 Å². The number of unbranched alkanes of at least 4 members (excludes halogenated alkanes) is 34. The Labute approximate surface area is 416 Å². The van der Waals surface area contributed by atoms with Crippen molar-refractivity contribution >= 4 is 17.9 Å². The van der Waals surface area contributed by atoms with Crippen LogP contribution in [0.4, 0.5) is 0 Å². The minimum absolute atomic E-state index is 0.0785. The molecule has 0 spiro atoms. The van der Waals surface area contributed by atoms with E-state index in [0.717, 1.165) is 83.5 Å². The fourth-order valence-corrected chi connectivity index (χ4v) is 8.35. The molecule has 67 heavy (non-hydrogen) atoms. The molecule has 1 atom stereocenters. The van der Waals surface area contributed by atoms with Gasteiger partial charge in [0.05, 0.1) is 0 Å². The maximum absolute atomic E-state index is 12.8. The molecule has 0 aliphatic carbocycles. The van der Waals surface area contributed by atoms with E-state index >= 15 is 0 Å². The summed E-state index contributed by atoms with van der Waals surface area (Å²) >= 11 is 0. The van der Waals surface area contributed by atoms with E-state index in [4.69, 9.17) is 14.2 Å². The Hall–Kier alpha value is -2.63. The van der Waals surface area contributed by atoms with E-state index in [1.807, 2.05) is 0 Å². The van der Waals surface area contributed by atoms with E-state index in [2.05, 4.69) is 69.4 Å². The third kappa shape index (κ3) is 54.2. The van der Waals surface area contributed by atoms with E-state index in [9.17, 15) is 14.4 Å². The Morgan fingerprint density at radius 3 is 0.881 bits per heavy atom. The van der Waals surface area contributed by atoms with Crippen LogP contribution < -0.4 is 0 Å². The lowest BCUT2D eigenvalue weighted by Crippen LogP contribution is -2.30. The number of carbonyl (C=O) groups excluding carboxylic acids is 3. The first kappa shape index (κ1) is 64.4. The zero-order valence-corrected chi connectivity index (χ0v) is 44.7. The fourth-order valence-electron chi connectivity index (χ4n) is 8.35. The summed E-state index contributed by atoms with van der Waals surface area (Å²) in [6.07, 6.45) is 68.1. The molecule has 6 nitrogen and oxygen atoms in total. The lowest BCUT2D eigenvalue weighted by molar-refractivity contribution is -0.167. The minimum atomic E-state index is -0.780. The summed E-state index contributed by atoms with van der Waals surface area (Å²) in [5, 5.41) is 0. The molecule has 0 aromatic heterocycles. The number of esters is 3. The normalized spacial score (nSPS) is 12.3. The van der Waals surface area contributed by atoms with Gasteiger partial charge in [-0.05, 0) is 103 Å². The standard InChI is InChI=1S/C61H110O6/c1-4-7-10-13-16-19-22-25-27-29-30-32-34-37-39-42-45-48-51-54-60(63)66-57-58(67-61(64)55-52-49-46-43-40-35-24-21-18-15-12-9-6-3)56-65-59(62)53-50-47-44-41-38-36-33-31-28-26-23-20-17-14-11-8-5-2/h17,20-21,24-28,58H,4-16,18-19,22-23,29-57H2,1-3H3/b20-17-,24-21-,27-25-,28-26-/t58-/m1/s1. The highest BCUT2D eigenvalue weighted by Crippen LogP contribution is 2.15. The van der Waals surface area contributed by atoms with Crippen molar-refractivity contribution in [3.8, 4) is 0 Å². The Morgan fingerprint density at radius 2 is 0.537 bits per heavy atom. The molecule has 0 radical (unpaired) electrons. The van der Waals surface area contributed by atoms with Crippen LogP contribution >= 0.6 is 0 Å². The minimum Gasteiger partial charge on any atom is -0.462 e. The number of ether oxygens (including phenoxy) is 3. The molecule has 0 unspecified atom stereocenters. The van der Waals surface area contributed by atoms with Crippen molar-refractivity contribution in [1.29, 1.82) is 0 Å². The summed E-state index contributed by atoms with van der Waals surface area (Å²) in [4.78, 5) is 38.1. The SMILES string of the molecule is CCCCC/C=C\C/C=C\CCCCCCCCCC(=O)OC[C@H](COC(=O)CCCCCCCCCCC/C=C\CCCCCCCC)OC(=O)CCCCCCC/C=C\CCCCCC. The number of allylic oxidation sites excluding steroid dienone is 8. The molecule has 0 saturated carbocycles. The van der Waals surface area contributed by atoms with Gasteiger partial charge in [0, 0.05) is 19.3 Å². The van der Waals surface area contributed by atoms with Crippen LogP contribution in [0.25, 0.3) is 0 Å². The highest BCUT2D eigenvalue weighted by Gasteiger charge is 2.19. The Balaban J connectivity index is 4.34. The van der Waals surface area contributed by atoms with Crippen LogP contribution in [0.2, 0.25) is 0 Å². The molecule has 6 heteroatoms. The third-order valence-corrected chi connectivity index (χ3v) is 12.8. The van der Waals surface area contributed by atoms with Crippen molar-refractivity contribution in [2.24, 2.45) is 0 Å². The molecule has 0 aliphatic rings. The van der Waals surface area contributed by atoms with Crippen LogP contribution in [-0.4, -0.2) is 37.2 Å². The first-order valence-electron chi connectivity index (χ1n) is 29.1. The molecule has 0 N–H and O–H groups in total.